The number of nitrogens with one attached hydrogen (secondary N) is 1. The molecule has 0 aliphatic carbocycles. The van der Waals surface area contributed by atoms with E-state index in [1.807, 2.05) is 42.7 Å². The van der Waals surface area contributed by atoms with Crippen LogP contribution in [0.25, 0.3) is 11.4 Å². The Morgan fingerprint density at radius 3 is 2.76 bits per heavy atom. The molecular weight excluding hydrogens is 414 g/mol. The van der Waals surface area contributed by atoms with E-state index in [1.165, 1.54) is 30.0 Å². The van der Waals surface area contributed by atoms with Crippen molar-refractivity contribution in [2.45, 2.75) is 25.5 Å². The molecule has 0 unspecified atom stereocenters. The van der Waals surface area contributed by atoms with Crippen molar-refractivity contribution in [2.24, 2.45) is 0 Å². The number of rotatable bonds is 7. The van der Waals surface area contributed by atoms with Crippen LogP contribution in [-0.4, -0.2) is 31.3 Å². The molecular formula is C19H18ClN5O3S. The topological polar surface area (TPSA) is 103 Å². The second kappa shape index (κ2) is 9.06. The van der Waals surface area contributed by atoms with E-state index in [-0.39, 0.29) is 28.1 Å². The van der Waals surface area contributed by atoms with Gasteiger partial charge in [-0.15, -0.1) is 10.2 Å². The lowest BCUT2D eigenvalue weighted by Crippen LogP contribution is -2.15. The molecule has 1 aromatic heterocycles. The molecule has 1 heterocycles. The molecule has 0 aliphatic heterocycles. The van der Waals surface area contributed by atoms with Crippen molar-refractivity contribution in [2.75, 3.05) is 11.1 Å². The van der Waals surface area contributed by atoms with Crippen molar-refractivity contribution in [1.29, 1.82) is 0 Å². The van der Waals surface area contributed by atoms with Crippen LogP contribution in [-0.2, 0) is 11.3 Å². The van der Waals surface area contributed by atoms with E-state index >= 15 is 0 Å². The molecule has 2 aromatic carbocycles. The van der Waals surface area contributed by atoms with Crippen molar-refractivity contribution < 1.29 is 9.72 Å². The van der Waals surface area contributed by atoms with Crippen LogP contribution in [0.5, 0.6) is 0 Å². The Morgan fingerprint density at radius 1 is 1.28 bits per heavy atom. The number of hydrogen-bond donors (Lipinski definition) is 1. The summed E-state index contributed by atoms with van der Waals surface area (Å²) < 4.78 is 1.93. The van der Waals surface area contributed by atoms with Crippen molar-refractivity contribution in [1.82, 2.24) is 14.8 Å². The molecule has 0 aliphatic rings. The van der Waals surface area contributed by atoms with Crippen LogP contribution in [0.1, 0.15) is 12.5 Å². The van der Waals surface area contributed by atoms with Crippen molar-refractivity contribution >= 4 is 40.6 Å². The average Bonchev–Trinajstić information content (AvgIpc) is 3.10. The van der Waals surface area contributed by atoms with Gasteiger partial charge in [0.2, 0.25) is 5.91 Å². The number of aryl methyl sites for hydroxylation is 1. The summed E-state index contributed by atoms with van der Waals surface area (Å²) in [5, 5.41) is 23.0. The highest BCUT2D eigenvalue weighted by atomic mass is 35.5. The summed E-state index contributed by atoms with van der Waals surface area (Å²) in [6.07, 6.45) is 0. The summed E-state index contributed by atoms with van der Waals surface area (Å²) in [6, 6.07) is 12.0. The summed E-state index contributed by atoms with van der Waals surface area (Å²) in [5.41, 5.74) is 1.91. The summed E-state index contributed by atoms with van der Waals surface area (Å²) in [5.74, 6) is 0.377. The molecule has 1 N–H and O–H groups in total. The van der Waals surface area contributed by atoms with Gasteiger partial charge in [-0.3, -0.25) is 14.9 Å². The highest BCUT2D eigenvalue weighted by molar-refractivity contribution is 7.99. The van der Waals surface area contributed by atoms with Gasteiger partial charge in [-0.1, -0.05) is 47.1 Å². The zero-order chi connectivity index (χ0) is 21.0. The first-order valence-electron chi connectivity index (χ1n) is 8.76. The highest BCUT2D eigenvalue weighted by Crippen LogP contribution is 2.29. The number of carbonyl (C=O) groups excluding carboxylic acids is 1. The van der Waals surface area contributed by atoms with Crippen LogP contribution in [0.3, 0.4) is 0 Å². The minimum absolute atomic E-state index is 0.0335. The third-order valence-corrected chi connectivity index (χ3v) is 5.27. The van der Waals surface area contributed by atoms with Gasteiger partial charge in [0.15, 0.2) is 11.0 Å². The first kappa shape index (κ1) is 20.8. The number of aromatic nitrogens is 3. The molecule has 0 atom stereocenters. The number of halogens is 1. The normalized spacial score (nSPS) is 10.7. The quantitative estimate of drug-likeness (QED) is 0.334. The molecule has 3 aromatic rings. The van der Waals surface area contributed by atoms with Gasteiger partial charge < -0.3 is 9.88 Å². The van der Waals surface area contributed by atoms with E-state index in [0.29, 0.717) is 11.7 Å². The first-order valence-corrected chi connectivity index (χ1v) is 10.1. The molecule has 29 heavy (non-hydrogen) atoms. The van der Waals surface area contributed by atoms with Crippen molar-refractivity contribution in [3.05, 3.63) is 63.2 Å². The van der Waals surface area contributed by atoms with Gasteiger partial charge in [-0.25, -0.2) is 0 Å². The number of nitro benzene ring substituents is 1. The Bertz CT molecular complexity index is 1070. The fourth-order valence-electron chi connectivity index (χ4n) is 2.76. The lowest BCUT2D eigenvalue weighted by atomic mass is 10.1. The Kier molecular flexibility index (Phi) is 6.50. The van der Waals surface area contributed by atoms with Crippen LogP contribution < -0.4 is 5.32 Å². The van der Waals surface area contributed by atoms with E-state index in [2.05, 4.69) is 15.5 Å². The zero-order valence-corrected chi connectivity index (χ0v) is 17.3. The Balaban J connectivity index is 1.72. The van der Waals surface area contributed by atoms with E-state index in [1.54, 1.807) is 0 Å². The van der Waals surface area contributed by atoms with Gasteiger partial charge in [0.25, 0.3) is 5.69 Å². The fraction of sp³-hybridized carbons (Fsp3) is 0.211. The molecule has 0 bridgehead atoms. The maximum atomic E-state index is 12.3. The Morgan fingerprint density at radius 2 is 2.07 bits per heavy atom. The van der Waals surface area contributed by atoms with Gasteiger partial charge in [-0.05, 0) is 32.0 Å². The molecule has 8 nitrogen and oxygen atoms in total. The number of anilines is 1. The lowest BCUT2D eigenvalue weighted by molar-refractivity contribution is -0.383. The molecule has 150 valence electrons. The van der Waals surface area contributed by atoms with Gasteiger partial charge >= 0.3 is 0 Å². The average molecular weight is 432 g/mol. The van der Waals surface area contributed by atoms with Gasteiger partial charge in [-0.2, -0.15) is 0 Å². The van der Waals surface area contributed by atoms with Crippen LogP contribution in [0, 0.1) is 17.0 Å². The van der Waals surface area contributed by atoms with Crippen molar-refractivity contribution in [3.63, 3.8) is 0 Å². The number of amides is 1. The third-order valence-electron chi connectivity index (χ3n) is 4.07. The second-order valence-electron chi connectivity index (χ2n) is 6.18. The molecule has 0 fully saturated rings. The summed E-state index contributed by atoms with van der Waals surface area (Å²) in [7, 11) is 0. The molecule has 10 heteroatoms. The third kappa shape index (κ3) is 4.93. The summed E-state index contributed by atoms with van der Waals surface area (Å²) in [4.78, 5) is 22.9. The van der Waals surface area contributed by atoms with Gasteiger partial charge in [0, 0.05) is 23.2 Å². The standard InChI is InChI=1S/C19H18ClN5O3S/c1-3-24-18(13-6-4-5-12(2)9-13)22-23-19(24)29-11-17(26)21-15-8-7-14(20)10-16(15)25(27)28/h4-10H,3,11H2,1-2H3,(H,21,26). The van der Waals surface area contributed by atoms with Crippen LogP contribution in [0.2, 0.25) is 5.02 Å². The molecule has 3 rings (SSSR count). The predicted molar refractivity (Wildman–Crippen MR) is 113 cm³/mol. The molecule has 0 radical (unpaired) electrons. The highest BCUT2D eigenvalue weighted by Gasteiger charge is 2.18. The maximum Gasteiger partial charge on any atom is 0.294 e. The SMILES string of the molecule is CCn1c(SCC(=O)Nc2ccc(Cl)cc2[N+](=O)[O-])nnc1-c1cccc(C)c1. The molecule has 1 amide bonds. The van der Waals surface area contributed by atoms with Crippen LogP contribution in [0.15, 0.2) is 47.6 Å². The maximum absolute atomic E-state index is 12.3. The number of carbonyl (C=O) groups is 1. The molecule has 0 saturated heterocycles. The number of nitro groups is 1. The predicted octanol–water partition coefficient (Wildman–Crippen LogP) is 4.57. The largest absolute Gasteiger partial charge is 0.320 e. The molecule has 0 spiro atoms. The van der Waals surface area contributed by atoms with Gasteiger partial charge in [0.1, 0.15) is 5.69 Å². The van der Waals surface area contributed by atoms with E-state index in [4.69, 9.17) is 11.6 Å². The van der Waals surface area contributed by atoms with Crippen LogP contribution in [0.4, 0.5) is 11.4 Å². The Hall–Kier alpha value is -2.91. The summed E-state index contributed by atoms with van der Waals surface area (Å²) in [6.45, 7) is 4.62. The first-order chi connectivity index (χ1) is 13.9. The van der Waals surface area contributed by atoms with Crippen LogP contribution >= 0.6 is 23.4 Å². The number of benzene rings is 2. The monoisotopic (exact) mass is 431 g/mol. The minimum atomic E-state index is -0.587. The van der Waals surface area contributed by atoms with Crippen molar-refractivity contribution in [3.8, 4) is 11.4 Å². The molecule has 0 saturated carbocycles. The minimum Gasteiger partial charge on any atom is -0.320 e. The van der Waals surface area contributed by atoms with E-state index in [0.717, 1.165) is 17.0 Å². The second-order valence-corrected chi connectivity index (χ2v) is 7.55. The number of nitrogens with zero attached hydrogens (tertiary/aromatic N) is 4. The number of hydrogen-bond acceptors (Lipinski definition) is 6. The fourth-order valence-corrected chi connectivity index (χ4v) is 3.72. The smallest absolute Gasteiger partial charge is 0.294 e. The lowest BCUT2D eigenvalue weighted by Gasteiger charge is -2.08. The Labute approximate surface area is 176 Å². The summed E-state index contributed by atoms with van der Waals surface area (Å²) >= 11 is 7.01. The van der Waals surface area contributed by atoms with Gasteiger partial charge in [0.05, 0.1) is 10.7 Å². The number of thioether (sulfide) groups is 1. The zero-order valence-electron chi connectivity index (χ0n) is 15.8. The van der Waals surface area contributed by atoms with E-state index in [9.17, 15) is 14.9 Å². The van der Waals surface area contributed by atoms with E-state index < -0.39 is 4.92 Å².